The van der Waals surface area contributed by atoms with E-state index >= 15 is 0 Å². The SMILES string of the molecule is Cc1cc(Cn2nc(C(F)(F)F)cc2C)ccc1NC(=O)c1cccc(Cl)c1C(=O)NC(C)C(=O)OCc1ccccc1. The van der Waals surface area contributed by atoms with Crippen molar-refractivity contribution < 1.29 is 32.3 Å². The van der Waals surface area contributed by atoms with Crippen LogP contribution in [0.5, 0.6) is 0 Å². The molecule has 0 aliphatic rings. The Morgan fingerprint density at radius 1 is 0.953 bits per heavy atom. The van der Waals surface area contributed by atoms with Crippen molar-refractivity contribution in [2.75, 3.05) is 5.32 Å². The molecule has 0 fully saturated rings. The van der Waals surface area contributed by atoms with Gasteiger partial charge < -0.3 is 15.4 Å². The molecule has 224 valence electrons. The fraction of sp³-hybridized carbons (Fsp3) is 0.226. The van der Waals surface area contributed by atoms with Crippen LogP contribution in [0.3, 0.4) is 0 Å². The summed E-state index contributed by atoms with van der Waals surface area (Å²) >= 11 is 6.31. The van der Waals surface area contributed by atoms with E-state index < -0.39 is 35.7 Å². The van der Waals surface area contributed by atoms with Crippen molar-refractivity contribution in [1.29, 1.82) is 0 Å². The molecular weight excluding hydrogens is 585 g/mol. The van der Waals surface area contributed by atoms with Crippen LogP contribution in [0.15, 0.2) is 72.8 Å². The molecular formula is C31H28ClF3N4O4. The lowest BCUT2D eigenvalue weighted by Crippen LogP contribution is -2.40. The molecule has 1 aromatic heterocycles. The smallest absolute Gasteiger partial charge is 0.435 e. The van der Waals surface area contributed by atoms with Crippen LogP contribution in [0.2, 0.25) is 5.02 Å². The highest BCUT2D eigenvalue weighted by Gasteiger charge is 2.34. The molecule has 12 heteroatoms. The molecule has 43 heavy (non-hydrogen) atoms. The number of benzene rings is 3. The summed E-state index contributed by atoms with van der Waals surface area (Å²) in [6.07, 6.45) is -4.54. The number of carbonyl (C=O) groups excluding carboxylic acids is 3. The Bertz CT molecular complexity index is 1650. The summed E-state index contributed by atoms with van der Waals surface area (Å²) in [6, 6.07) is 18.4. The zero-order chi connectivity index (χ0) is 31.3. The number of hydrogen-bond donors (Lipinski definition) is 2. The van der Waals surface area contributed by atoms with Crippen molar-refractivity contribution in [3.8, 4) is 0 Å². The maximum atomic E-state index is 13.3. The lowest BCUT2D eigenvalue weighted by molar-refractivity contribution is -0.146. The number of rotatable bonds is 9. The van der Waals surface area contributed by atoms with E-state index in [1.54, 1.807) is 37.3 Å². The minimum Gasteiger partial charge on any atom is -0.459 e. The number of amides is 2. The van der Waals surface area contributed by atoms with Crippen molar-refractivity contribution in [2.24, 2.45) is 0 Å². The molecule has 1 unspecified atom stereocenters. The first-order chi connectivity index (χ1) is 20.3. The van der Waals surface area contributed by atoms with Crippen LogP contribution in [0, 0.1) is 13.8 Å². The average Bonchev–Trinajstić information content (AvgIpc) is 3.33. The number of halogens is 4. The van der Waals surface area contributed by atoms with Crippen LogP contribution in [-0.2, 0) is 28.9 Å². The van der Waals surface area contributed by atoms with Crippen molar-refractivity contribution in [3.05, 3.63) is 117 Å². The van der Waals surface area contributed by atoms with Gasteiger partial charge in [0.05, 0.1) is 22.7 Å². The highest BCUT2D eigenvalue weighted by Crippen LogP contribution is 2.29. The van der Waals surface area contributed by atoms with E-state index in [2.05, 4.69) is 15.7 Å². The van der Waals surface area contributed by atoms with Gasteiger partial charge in [-0.1, -0.05) is 60.1 Å². The molecule has 2 N–H and O–H groups in total. The molecule has 8 nitrogen and oxygen atoms in total. The molecule has 1 atom stereocenters. The lowest BCUT2D eigenvalue weighted by Gasteiger charge is -2.17. The van der Waals surface area contributed by atoms with Gasteiger partial charge in [-0.15, -0.1) is 0 Å². The van der Waals surface area contributed by atoms with Crippen molar-refractivity contribution >= 4 is 35.1 Å². The van der Waals surface area contributed by atoms with Gasteiger partial charge in [0.1, 0.15) is 12.6 Å². The number of ether oxygens (including phenoxy) is 1. The second-order valence-corrected chi connectivity index (χ2v) is 10.3. The zero-order valence-corrected chi connectivity index (χ0v) is 24.2. The molecule has 2 amide bonds. The second kappa shape index (κ2) is 13.1. The van der Waals surface area contributed by atoms with Crippen molar-refractivity contribution in [2.45, 2.75) is 46.1 Å². The number of nitrogens with one attached hydrogen (secondary N) is 2. The molecule has 0 saturated heterocycles. The quantitative estimate of drug-likeness (QED) is 0.215. The third kappa shape index (κ3) is 7.81. The Kier molecular flexibility index (Phi) is 9.55. The molecule has 4 rings (SSSR count). The van der Waals surface area contributed by atoms with Gasteiger partial charge in [-0.3, -0.25) is 14.3 Å². The number of anilines is 1. The lowest BCUT2D eigenvalue weighted by atomic mass is 10.0. The molecule has 0 saturated carbocycles. The van der Waals surface area contributed by atoms with E-state index in [0.29, 0.717) is 22.5 Å². The highest BCUT2D eigenvalue weighted by atomic mass is 35.5. The van der Waals surface area contributed by atoms with Crippen LogP contribution in [0.25, 0.3) is 0 Å². The maximum Gasteiger partial charge on any atom is 0.435 e. The Labute approximate surface area is 250 Å². The minimum absolute atomic E-state index is 0.00916. The summed E-state index contributed by atoms with van der Waals surface area (Å²) in [5.74, 6) is -2.02. The van der Waals surface area contributed by atoms with Gasteiger partial charge in [0.15, 0.2) is 5.69 Å². The second-order valence-electron chi connectivity index (χ2n) is 9.88. The Morgan fingerprint density at radius 3 is 2.33 bits per heavy atom. The van der Waals surface area contributed by atoms with Gasteiger partial charge in [-0.2, -0.15) is 18.3 Å². The molecule has 0 aliphatic heterocycles. The number of alkyl halides is 3. The summed E-state index contributed by atoms with van der Waals surface area (Å²) in [6.45, 7) is 4.86. The van der Waals surface area contributed by atoms with E-state index in [1.165, 1.54) is 36.7 Å². The number of esters is 1. The van der Waals surface area contributed by atoms with Gasteiger partial charge in [0, 0.05) is 11.4 Å². The van der Waals surface area contributed by atoms with Crippen molar-refractivity contribution in [3.63, 3.8) is 0 Å². The van der Waals surface area contributed by atoms with Gasteiger partial charge in [0.25, 0.3) is 11.8 Å². The predicted octanol–water partition coefficient (Wildman–Crippen LogP) is 6.33. The van der Waals surface area contributed by atoms with Crippen LogP contribution in [0.4, 0.5) is 18.9 Å². The van der Waals surface area contributed by atoms with Crippen LogP contribution >= 0.6 is 11.6 Å². The normalized spacial score (nSPS) is 12.0. The average molecular weight is 613 g/mol. The summed E-state index contributed by atoms with van der Waals surface area (Å²) < 4.78 is 45.6. The molecule has 3 aromatic carbocycles. The minimum atomic E-state index is -4.54. The largest absolute Gasteiger partial charge is 0.459 e. The van der Waals surface area contributed by atoms with E-state index in [9.17, 15) is 27.6 Å². The molecule has 0 aliphatic carbocycles. The Balaban J connectivity index is 1.44. The number of carbonyl (C=O) groups is 3. The molecule has 0 bridgehead atoms. The third-order valence-electron chi connectivity index (χ3n) is 6.55. The summed E-state index contributed by atoms with van der Waals surface area (Å²) in [5.41, 5.74) is 1.76. The molecule has 0 spiro atoms. The topological polar surface area (TPSA) is 102 Å². The van der Waals surface area contributed by atoms with Crippen LogP contribution in [0.1, 0.15) is 55.7 Å². The standard InChI is InChI=1S/C31H28ClF3N4O4/c1-18-14-22(16-39-19(2)15-26(38-39)31(33,34)35)12-13-25(18)37-28(40)23-10-7-11-24(32)27(23)29(41)36-20(3)30(42)43-17-21-8-5-4-6-9-21/h4-15,20H,16-17H2,1-3H3,(H,36,41)(H,37,40). The fourth-order valence-electron chi connectivity index (χ4n) is 4.26. The van der Waals surface area contributed by atoms with E-state index in [1.807, 2.05) is 18.2 Å². The molecule has 4 aromatic rings. The van der Waals surface area contributed by atoms with Gasteiger partial charge >= 0.3 is 12.1 Å². The fourth-order valence-corrected chi connectivity index (χ4v) is 4.52. The first-order valence-corrected chi connectivity index (χ1v) is 13.5. The summed E-state index contributed by atoms with van der Waals surface area (Å²) in [4.78, 5) is 38.9. The van der Waals surface area contributed by atoms with E-state index in [0.717, 1.165) is 11.6 Å². The van der Waals surface area contributed by atoms with E-state index in [-0.39, 0.29) is 29.3 Å². The highest BCUT2D eigenvalue weighted by molar-refractivity contribution is 6.35. The zero-order valence-electron chi connectivity index (χ0n) is 23.5. The summed E-state index contributed by atoms with van der Waals surface area (Å²) in [5, 5.41) is 8.94. The maximum absolute atomic E-state index is 13.3. The Hall–Kier alpha value is -4.64. The first kappa shape index (κ1) is 31.3. The third-order valence-corrected chi connectivity index (χ3v) is 6.87. The van der Waals surface area contributed by atoms with Crippen LogP contribution in [-0.4, -0.2) is 33.6 Å². The van der Waals surface area contributed by atoms with Gasteiger partial charge in [-0.25, -0.2) is 4.79 Å². The first-order valence-electron chi connectivity index (χ1n) is 13.2. The predicted molar refractivity (Wildman–Crippen MR) is 155 cm³/mol. The van der Waals surface area contributed by atoms with Crippen molar-refractivity contribution in [1.82, 2.24) is 15.1 Å². The monoisotopic (exact) mass is 612 g/mol. The van der Waals surface area contributed by atoms with Gasteiger partial charge in [-0.05, 0) is 61.7 Å². The number of aryl methyl sites for hydroxylation is 2. The number of aromatic nitrogens is 2. The molecule has 1 heterocycles. The van der Waals surface area contributed by atoms with Crippen LogP contribution < -0.4 is 10.6 Å². The Morgan fingerprint density at radius 2 is 1.67 bits per heavy atom. The number of nitrogens with zero attached hydrogens (tertiary/aromatic N) is 2. The van der Waals surface area contributed by atoms with E-state index in [4.69, 9.17) is 16.3 Å². The molecule has 0 radical (unpaired) electrons. The van der Waals surface area contributed by atoms with Gasteiger partial charge in [0.2, 0.25) is 0 Å². The number of hydrogen-bond acceptors (Lipinski definition) is 5. The summed E-state index contributed by atoms with van der Waals surface area (Å²) in [7, 11) is 0.